The van der Waals surface area contributed by atoms with E-state index in [9.17, 15) is 30.6 Å². The van der Waals surface area contributed by atoms with Gasteiger partial charge in [0.2, 0.25) is 0 Å². The van der Waals surface area contributed by atoms with E-state index in [2.05, 4.69) is 20.8 Å². The van der Waals surface area contributed by atoms with E-state index in [0.717, 1.165) is 0 Å². The van der Waals surface area contributed by atoms with Gasteiger partial charge in [0.05, 0.1) is 140 Å². The lowest BCUT2D eigenvalue weighted by Gasteiger charge is -2.39. The van der Waals surface area contributed by atoms with Crippen molar-refractivity contribution in [3.05, 3.63) is 0 Å². The van der Waals surface area contributed by atoms with Crippen LogP contribution in [0.15, 0.2) is 0 Å². The van der Waals surface area contributed by atoms with Crippen LogP contribution in [0.25, 0.3) is 0 Å². The molecule has 57 heavy (non-hydrogen) atoms. The topological polar surface area (TPSA) is 204 Å². The maximum atomic E-state index is 11.7. The van der Waals surface area contributed by atoms with Crippen molar-refractivity contribution in [2.24, 2.45) is 34.5 Å². The molecule has 0 heterocycles. The molecule has 0 saturated heterocycles. The molecule has 0 spiro atoms. The van der Waals surface area contributed by atoms with Crippen LogP contribution in [0.2, 0.25) is 0 Å². The highest BCUT2D eigenvalue weighted by Gasteiger charge is 2.39. The van der Waals surface area contributed by atoms with Crippen LogP contribution < -0.4 is 0 Å². The van der Waals surface area contributed by atoms with Gasteiger partial charge in [-0.25, -0.2) is 0 Å². The van der Waals surface area contributed by atoms with E-state index in [1.807, 2.05) is 20.8 Å². The number of hydrogen-bond donors (Lipinski definition) is 6. The third-order valence-electron chi connectivity index (χ3n) is 9.57. The molecule has 0 bridgehead atoms. The summed E-state index contributed by atoms with van der Waals surface area (Å²) in [6.45, 7) is 25.1. The van der Waals surface area contributed by atoms with E-state index >= 15 is 0 Å². The van der Waals surface area contributed by atoms with Gasteiger partial charge < -0.3 is 73.3 Å². The first-order valence-corrected chi connectivity index (χ1v) is 21.0. The van der Waals surface area contributed by atoms with Gasteiger partial charge in [-0.1, -0.05) is 34.6 Å². The lowest BCUT2D eigenvalue weighted by Crippen LogP contribution is -2.46. The van der Waals surface area contributed by atoms with Gasteiger partial charge in [-0.15, -0.1) is 0 Å². The van der Waals surface area contributed by atoms with E-state index < -0.39 is 53.2 Å². The summed E-state index contributed by atoms with van der Waals surface area (Å²) >= 11 is 0. The molecule has 6 N–H and O–H groups in total. The quantitative estimate of drug-likeness (QED) is 0.0495. The Morgan fingerprint density at radius 2 is 0.667 bits per heavy atom. The van der Waals surface area contributed by atoms with Crippen LogP contribution in [0.5, 0.6) is 0 Å². The average molecular weight is 831 g/mol. The van der Waals surface area contributed by atoms with Crippen molar-refractivity contribution >= 4 is 0 Å². The van der Waals surface area contributed by atoms with Gasteiger partial charge in [-0.05, 0) is 72.6 Å². The second kappa shape index (κ2) is 30.4. The van der Waals surface area contributed by atoms with Crippen molar-refractivity contribution in [2.75, 3.05) is 106 Å². The van der Waals surface area contributed by atoms with Crippen LogP contribution >= 0.6 is 0 Å². The largest absolute Gasteiger partial charge is 0.391 e. The number of aliphatic hydroxyl groups is 6. The van der Waals surface area contributed by atoms with Crippen LogP contribution in [0, 0.1) is 34.5 Å². The molecule has 344 valence electrons. The Labute approximate surface area is 344 Å². The number of hydrogen-bond acceptors (Lipinski definition) is 15. The van der Waals surface area contributed by atoms with E-state index in [0.29, 0.717) is 24.9 Å². The van der Waals surface area contributed by atoms with Gasteiger partial charge >= 0.3 is 0 Å². The van der Waals surface area contributed by atoms with Crippen LogP contribution in [0.1, 0.15) is 89.5 Å². The third-order valence-corrected chi connectivity index (χ3v) is 9.57. The Morgan fingerprint density at radius 3 is 0.930 bits per heavy atom. The molecule has 0 aliphatic rings. The average Bonchev–Trinajstić information content (AvgIpc) is 3.07. The summed E-state index contributed by atoms with van der Waals surface area (Å²) in [5, 5.41) is 60.8. The number of rotatable bonds is 38. The Kier molecular flexibility index (Phi) is 30.1. The molecule has 0 aliphatic carbocycles. The van der Waals surface area contributed by atoms with Crippen molar-refractivity contribution in [1.29, 1.82) is 0 Å². The molecule has 0 fully saturated rings. The Hall–Kier alpha value is -0.600. The van der Waals surface area contributed by atoms with Gasteiger partial charge in [0.1, 0.15) is 0 Å². The molecule has 0 rings (SSSR count). The lowest BCUT2D eigenvalue weighted by molar-refractivity contribution is -0.265. The highest BCUT2D eigenvalue weighted by molar-refractivity contribution is 4.83. The monoisotopic (exact) mass is 831 g/mol. The van der Waals surface area contributed by atoms with Gasteiger partial charge in [0.25, 0.3) is 0 Å². The van der Waals surface area contributed by atoms with Crippen molar-refractivity contribution in [2.45, 2.75) is 132 Å². The first-order chi connectivity index (χ1) is 26.6. The SMILES string of the molecule is CCC(C(C)COCC(COCC(C)O)(COCC(C)O)COCC(C)O)C(C)(O)OC(C)COCC(COCC(C)O)(COCC(C)O)COCC(C)C(C)C. The van der Waals surface area contributed by atoms with Gasteiger partial charge in [0, 0.05) is 19.1 Å². The fourth-order valence-corrected chi connectivity index (χ4v) is 6.24. The zero-order chi connectivity index (χ0) is 43.7. The first-order valence-electron chi connectivity index (χ1n) is 21.0. The van der Waals surface area contributed by atoms with E-state index in [1.54, 1.807) is 41.5 Å². The van der Waals surface area contributed by atoms with Gasteiger partial charge in [-0.2, -0.15) is 0 Å². The van der Waals surface area contributed by atoms with Crippen molar-refractivity contribution < 1.29 is 73.3 Å². The van der Waals surface area contributed by atoms with Crippen molar-refractivity contribution in [3.63, 3.8) is 0 Å². The Morgan fingerprint density at radius 1 is 0.404 bits per heavy atom. The summed E-state index contributed by atoms with van der Waals surface area (Å²) < 4.78 is 54.2. The minimum Gasteiger partial charge on any atom is -0.391 e. The second-order valence-corrected chi connectivity index (χ2v) is 17.6. The van der Waals surface area contributed by atoms with Crippen LogP contribution in [0.4, 0.5) is 0 Å². The first kappa shape index (κ1) is 56.4. The molecule has 0 aromatic carbocycles. The third kappa shape index (κ3) is 27.1. The molecule has 0 aromatic rings. The predicted molar refractivity (Wildman–Crippen MR) is 218 cm³/mol. The normalized spacial score (nSPS) is 20.5. The lowest BCUT2D eigenvalue weighted by atomic mass is 9.85. The number of ether oxygens (including phenoxy) is 9. The summed E-state index contributed by atoms with van der Waals surface area (Å²) in [6, 6.07) is 0. The number of aliphatic hydroxyl groups excluding tert-OH is 5. The Bertz CT molecular complexity index is 896. The fourth-order valence-electron chi connectivity index (χ4n) is 6.24. The van der Waals surface area contributed by atoms with E-state index in [4.69, 9.17) is 42.6 Å². The highest BCUT2D eigenvalue weighted by atomic mass is 16.6. The van der Waals surface area contributed by atoms with Gasteiger partial charge in [-0.3, -0.25) is 0 Å². The predicted octanol–water partition coefficient (Wildman–Crippen LogP) is 3.06. The summed E-state index contributed by atoms with van der Waals surface area (Å²) in [5.41, 5.74) is -1.54. The minimum absolute atomic E-state index is 0.102. The van der Waals surface area contributed by atoms with Crippen LogP contribution in [0.3, 0.4) is 0 Å². The summed E-state index contributed by atoms with van der Waals surface area (Å²) in [6.07, 6.45) is -3.24. The van der Waals surface area contributed by atoms with E-state index in [1.165, 1.54) is 0 Å². The summed E-state index contributed by atoms with van der Waals surface area (Å²) in [7, 11) is 0. The molecular formula is C42H86O15. The standard InChI is InChI=1S/C42H86O15/c1-13-39(32(5)15-50-23-41(24-51-16-33(6)43,25-52-17-34(7)44)26-53-18-35(8)45)40(12,48)57-38(11)21-56-29-42(27-54-19-36(9)46,28-55-20-37(10)47)22-49-14-31(4)30(2)3/h30-39,43-48H,13-29H2,1-12H3. The molecule has 15 nitrogen and oxygen atoms in total. The molecule has 0 amide bonds. The van der Waals surface area contributed by atoms with Crippen molar-refractivity contribution in [1.82, 2.24) is 0 Å². The highest BCUT2D eigenvalue weighted by Crippen LogP contribution is 2.32. The molecular weight excluding hydrogens is 744 g/mol. The smallest absolute Gasteiger partial charge is 0.166 e. The zero-order valence-electron chi connectivity index (χ0n) is 37.7. The molecule has 0 aromatic heterocycles. The van der Waals surface area contributed by atoms with Crippen LogP contribution in [-0.2, 0) is 42.6 Å². The second-order valence-electron chi connectivity index (χ2n) is 17.6. The molecule has 0 radical (unpaired) electrons. The Balaban J connectivity index is 5.76. The summed E-state index contributed by atoms with van der Waals surface area (Å²) in [4.78, 5) is 0. The van der Waals surface area contributed by atoms with Gasteiger partial charge in [0.15, 0.2) is 5.79 Å². The molecule has 10 atom stereocenters. The molecule has 0 aliphatic heterocycles. The molecule has 15 heteroatoms. The summed E-state index contributed by atoms with van der Waals surface area (Å²) in [5.74, 6) is -1.24. The fraction of sp³-hybridized carbons (Fsp3) is 1.00. The zero-order valence-corrected chi connectivity index (χ0v) is 37.7. The molecule has 10 unspecified atom stereocenters. The molecule has 0 saturated carbocycles. The van der Waals surface area contributed by atoms with E-state index in [-0.39, 0.29) is 111 Å². The maximum absolute atomic E-state index is 11.7. The van der Waals surface area contributed by atoms with Crippen LogP contribution in [-0.4, -0.2) is 179 Å². The van der Waals surface area contributed by atoms with Crippen molar-refractivity contribution in [3.8, 4) is 0 Å². The minimum atomic E-state index is -1.54. The maximum Gasteiger partial charge on any atom is 0.166 e.